The Balaban J connectivity index is 1.79. The van der Waals surface area contributed by atoms with Crippen molar-refractivity contribution in [3.63, 3.8) is 0 Å². The van der Waals surface area contributed by atoms with E-state index in [9.17, 15) is 4.79 Å². The first-order valence-electron chi connectivity index (χ1n) is 10.2. The van der Waals surface area contributed by atoms with Gasteiger partial charge >= 0.3 is 0 Å². The van der Waals surface area contributed by atoms with E-state index in [0.717, 1.165) is 64.0 Å². The quantitative estimate of drug-likeness (QED) is 0.373. The molecule has 0 aliphatic heterocycles. The fourth-order valence-corrected chi connectivity index (χ4v) is 4.64. The highest BCUT2D eigenvalue weighted by atomic mass is 16.1. The monoisotopic (exact) mass is 365 g/mol. The van der Waals surface area contributed by atoms with Crippen molar-refractivity contribution in [1.82, 2.24) is 4.98 Å². The van der Waals surface area contributed by atoms with Crippen molar-refractivity contribution in [3.8, 4) is 11.3 Å². The maximum absolute atomic E-state index is 13.5. The van der Waals surface area contributed by atoms with E-state index in [-0.39, 0.29) is 11.7 Å². The molecule has 0 saturated heterocycles. The third-order valence-corrected chi connectivity index (χ3v) is 6.08. The number of aromatic nitrogens is 1. The summed E-state index contributed by atoms with van der Waals surface area (Å²) in [5.74, 6) is 0.429. The van der Waals surface area contributed by atoms with E-state index in [1.165, 1.54) is 6.42 Å². The predicted octanol–water partition coefficient (Wildman–Crippen LogP) is 6.82. The molecular formula is C26H23NO. The number of rotatable bonds is 3. The van der Waals surface area contributed by atoms with Gasteiger partial charge in [0.1, 0.15) is 0 Å². The smallest absolute Gasteiger partial charge is 0.166 e. The molecule has 0 atom stereocenters. The maximum atomic E-state index is 13.5. The van der Waals surface area contributed by atoms with Gasteiger partial charge in [0.15, 0.2) is 5.78 Å². The number of carbonyl (C=O) groups excluding carboxylic acids is 1. The SMILES string of the molecule is O=C(c1ccc2ccccc2c1-c1nccc2ccccc12)C1CCCCC1. The number of benzene rings is 3. The molecule has 5 rings (SSSR count). The van der Waals surface area contributed by atoms with Crippen molar-refractivity contribution in [1.29, 1.82) is 0 Å². The molecule has 0 radical (unpaired) electrons. The van der Waals surface area contributed by atoms with Crippen molar-refractivity contribution < 1.29 is 4.79 Å². The molecule has 1 aromatic heterocycles. The maximum Gasteiger partial charge on any atom is 0.166 e. The molecule has 4 aromatic rings. The molecule has 0 N–H and O–H groups in total. The number of carbonyl (C=O) groups is 1. The van der Waals surface area contributed by atoms with Gasteiger partial charge in [0, 0.05) is 28.6 Å². The first-order chi connectivity index (χ1) is 13.8. The van der Waals surface area contributed by atoms with Crippen molar-refractivity contribution in [3.05, 3.63) is 78.5 Å². The predicted molar refractivity (Wildman–Crippen MR) is 116 cm³/mol. The van der Waals surface area contributed by atoms with Crippen LogP contribution in [-0.4, -0.2) is 10.8 Å². The van der Waals surface area contributed by atoms with E-state index in [0.29, 0.717) is 0 Å². The van der Waals surface area contributed by atoms with Gasteiger partial charge in [-0.3, -0.25) is 9.78 Å². The second-order valence-corrected chi connectivity index (χ2v) is 7.79. The summed E-state index contributed by atoms with van der Waals surface area (Å²) in [7, 11) is 0. The summed E-state index contributed by atoms with van der Waals surface area (Å²) >= 11 is 0. The fraction of sp³-hybridized carbons (Fsp3) is 0.231. The van der Waals surface area contributed by atoms with Gasteiger partial charge in [-0.1, -0.05) is 79.9 Å². The minimum atomic E-state index is 0.142. The summed E-state index contributed by atoms with van der Waals surface area (Å²) in [6.45, 7) is 0. The molecule has 0 bridgehead atoms. The van der Waals surface area contributed by atoms with E-state index < -0.39 is 0 Å². The zero-order chi connectivity index (χ0) is 18.9. The third-order valence-electron chi connectivity index (χ3n) is 6.08. The first kappa shape index (κ1) is 17.1. The second-order valence-electron chi connectivity index (χ2n) is 7.79. The molecule has 1 aliphatic carbocycles. The molecular weight excluding hydrogens is 342 g/mol. The summed E-state index contributed by atoms with van der Waals surface area (Å²) in [4.78, 5) is 18.3. The number of Topliss-reactive ketones (excluding diaryl/α,β-unsaturated/α-hetero) is 1. The van der Waals surface area contributed by atoms with Crippen molar-refractivity contribution in [2.75, 3.05) is 0 Å². The molecule has 0 spiro atoms. The van der Waals surface area contributed by atoms with Gasteiger partial charge in [-0.25, -0.2) is 0 Å². The van der Waals surface area contributed by atoms with Crippen LogP contribution in [0, 0.1) is 5.92 Å². The van der Waals surface area contributed by atoms with Crippen molar-refractivity contribution in [2.45, 2.75) is 32.1 Å². The summed E-state index contributed by atoms with van der Waals surface area (Å²) in [5.41, 5.74) is 2.73. The summed E-state index contributed by atoms with van der Waals surface area (Å²) < 4.78 is 0. The molecule has 0 amide bonds. The molecule has 2 heteroatoms. The Hall–Kier alpha value is -3.00. The van der Waals surface area contributed by atoms with Crippen LogP contribution in [0.25, 0.3) is 32.8 Å². The van der Waals surface area contributed by atoms with Crippen LogP contribution < -0.4 is 0 Å². The van der Waals surface area contributed by atoms with Gasteiger partial charge in [-0.2, -0.15) is 0 Å². The van der Waals surface area contributed by atoms with Gasteiger partial charge in [0.2, 0.25) is 0 Å². The van der Waals surface area contributed by atoms with E-state index in [2.05, 4.69) is 30.3 Å². The molecule has 3 aromatic carbocycles. The van der Waals surface area contributed by atoms with Gasteiger partial charge in [0.25, 0.3) is 0 Å². The Morgan fingerprint density at radius 3 is 2.21 bits per heavy atom. The lowest BCUT2D eigenvalue weighted by Crippen LogP contribution is -2.18. The topological polar surface area (TPSA) is 30.0 Å². The van der Waals surface area contributed by atoms with E-state index >= 15 is 0 Å². The summed E-state index contributed by atoms with van der Waals surface area (Å²) in [6, 6.07) is 22.8. The minimum absolute atomic E-state index is 0.142. The first-order valence-corrected chi connectivity index (χ1v) is 10.2. The van der Waals surface area contributed by atoms with E-state index in [1.807, 2.05) is 42.6 Å². The Morgan fingerprint density at radius 2 is 1.43 bits per heavy atom. The highest BCUT2D eigenvalue weighted by molar-refractivity contribution is 6.14. The van der Waals surface area contributed by atoms with Crippen LogP contribution in [0.5, 0.6) is 0 Å². The standard InChI is InChI=1S/C26H23NO/c28-26(20-10-2-1-3-11-20)23-15-14-18-8-4-6-12-21(18)24(23)25-22-13-7-5-9-19(22)16-17-27-25/h4-9,12-17,20H,1-3,10-11H2. The normalized spacial score (nSPS) is 15.1. The number of pyridine rings is 1. The van der Waals surface area contributed by atoms with Crippen LogP contribution in [-0.2, 0) is 0 Å². The largest absolute Gasteiger partial charge is 0.294 e. The Kier molecular flexibility index (Phi) is 4.40. The van der Waals surface area contributed by atoms with E-state index in [4.69, 9.17) is 4.98 Å². The van der Waals surface area contributed by atoms with Gasteiger partial charge in [-0.05, 0) is 35.1 Å². The Morgan fingerprint density at radius 1 is 0.750 bits per heavy atom. The number of hydrogen-bond acceptors (Lipinski definition) is 2. The van der Waals surface area contributed by atoms with Crippen LogP contribution in [0.2, 0.25) is 0 Å². The van der Waals surface area contributed by atoms with Crippen molar-refractivity contribution in [2.24, 2.45) is 5.92 Å². The number of nitrogens with zero attached hydrogens (tertiary/aromatic N) is 1. The lowest BCUT2D eigenvalue weighted by molar-refractivity contribution is 0.0890. The van der Waals surface area contributed by atoms with Crippen LogP contribution in [0.15, 0.2) is 72.9 Å². The van der Waals surface area contributed by atoms with Crippen LogP contribution >= 0.6 is 0 Å². The van der Waals surface area contributed by atoms with E-state index in [1.54, 1.807) is 0 Å². The Bertz CT molecular complexity index is 1170. The number of fused-ring (bicyclic) bond motifs is 2. The van der Waals surface area contributed by atoms with Gasteiger partial charge in [0.05, 0.1) is 5.69 Å². The van der Waals surface area contributed by atoms with Crippen LogP contribution in [0.3, 0.4) is 0 Å². The third kappa shape index (κ3) is 2.90. The summed E-state index contributed by atoms with van der Waals surface area (Å²) in [6.07, 6.45) is 7.44. The molecule has 1 aliphatic rings. The number of hydrogen-bond donors (Lipinski definition) is 0. The highest BCUT2D eigenvalue weighted by Gasteiger charge is 2.26. The highest BCUT2D eigenvalue weighted by Crippen LogP contribution is 2.38. The fourth-order valence-electron chi connectivity index (χ4n) is 4.64. The lowest BCUT2D eigenvalue weighted by atomic mass is 9.81. The zero-order valence-electron chi connectivity index (χ0n) is 15.9. The molecule has 2 nitrogen and oxygen atoms in total. The number of ketones is 1. The Labute approximate surface area is 165 Å². The average Bonchev–Trinajstić information content (AvgIpc) is 2.78. The van der Waals surface area contributed by atoms with Crippen molar-refractivity contribution >= 4 is 27.3 Å². The van der Waals surface area contributed by atoms with Gasteiger partial charge < -0.3 is 0 Å². The molecule has 138 valence electrons. The van der Waals surface area contributed by atoms with Gasteiger partial charge in [-0.15, -0.1) is 0 Å². The zero-order valence-corrected chi connectivity index (χ0v) is 15.9. The molecule has 1 heterocycles. The molecule has 1 saturated carbocycles. The molecule has 28 heavy (non-hydrogen) atoms. The molecule has 0 unspecified atom stereocenters. The van der Waals surface area contributed by atoms with Crippen LogP contribution in [0.1, 0.15) is 42.5 Å². The lowest BCUT2D eigenvalue weighted by Gasteiger charge is -2.22. The average molecular weight is 365 g/mol. The van der Waals surface area contributed by atoms with Crippen LogP contribution in [0.4, 0.5) is 0 Å². The summed E-state index contributed by atoms with van der Waals surface area (Å²) in [5, 5.41) is 4.50. The molecule has 1 fully saturated rings. The minimum Gasteiger partial charge on any atom is -0.294 e. The second kappa shape index (κ2) is 7.20.